The Morgan fingerprint density at radius 1 is 0.890 bits per heavy atom. The minimum Gasteiger partial charge on any atom is -0.481 e. The second-order valence-corrected chi connectivity index (χ2v) is 28.6. The Bertz CT molecular complexity index is 2760. The highest BCUT2D eigenvalue weighted by molar-refractivity contribution is 8.77. The number of thioether (sulfide) groups is 1. The number of fused-ring (bicyclic) bond motifs is 1. The van der Waals surface area contributed by atoms with Crippen molar-refractivity contribution in [2.24, 2.45) is 5.92 Å². The lowest BCUT2D eigenvalue weighted by molar-refractivity contribution is -0.144. The summed E-state index contributed by atoms with van der Waals surface area (Å²) in [5.41, 5.74) is -2.05. The van der Waals surface area contributed by atoms with E-state index in [0.717, 1.165) is 29.4 Å². The van der Waals surface area contributed by atoms with Crippen molar-refractivity contribution >= 4 is 98.2 Å². The third kappa shape index (κ3) is 25.3. The molecule has 36 heteroatoms. The van der Waals surface area contributed by atoms with Gasteiger partial charge in [-0.15, -0.1) is 0 Å². The Labute approximate surface area is 483 Å². The molecular formula is C46H71N6O24P3S3. The molecule has 8 unspecified atom stereocenters. The maximum Gasteiger partial charge on any atom is 0.490 e. The van der Waals surface area contributed by atoms with Crippen LogP contribution in [0.25, 0.3) is 0 Å². The molecule has 0 radical (unpaired) electrons. The van der Waals surface area contributed by atoms with Gasteiger partial charge >= 0.3 is 47.1 Å². The zero-order chi connectivity index (χ0) is 61.0. The molecule has 1 aromatic rings. The highest BCUT2D eigenvalue weighted by atomic mass is 33.1. The largest absolute Gasteiger partial charge is 0.490 e. The molecular weight excluding hydrogens is 1210 g/mol. The highest BCUT2D eigenvalue weighted by Gasteiger charge is 2.44. The predicted molar refractivity (Wildman–Crippen MR) is 296 cm³/mol. The molecule has 3 fully saturated rings. The van der Waals surface area contributed by atoms with Crippen molar-refractivity contribution in [1.29, 1.82) is 0 Å². The number of carbonyl (C=O) groups excluding carboxylic acids is 5. The van der Waals surface area contributed by atoms with E-state index in [1.165, 1.54) is 21.6 Å². The number of ketones is 2. The fourth-order valence-corrected chi connectivity index (χ4v) is 15.6. The minimum absolute atomic E-state index is 0.0250. The van der Waals surface area contributed by atoms with Gasteiger partial charge in [-0.2, -0.15) is 20.4 Å². The first-order chi connectivity index (χ1) is 38.4. The number of hydrogen-bond acceptors (Lipinski definition) is 21. The van der Waals surface area contributed by atoms with E-state index in [-0.39, 0.29) is 85.3 Å². The summed E-state index contributed by atoms with van der Waals surface area (Å²) in [4.78, 5) is 151. The first-order valence-electron chi connectivity index (χ1n) is 26.0. The Kier molecular flexibility index (Phi) is 28.5. The van der Waals surface area contributed by atoms with Gasteiger partial charge in [0.2, 0.25) is 11.8 Å². The van der Waals surface area contributed by atoms with Crippen molar-refractivity contribution in [2.75, 3.05) is 24.9 Å². The maximum absolute atomic E-state index is 13.7. The summed E-state index contributed by atoms with van der Waals surface area (Å²) in [5.74, 6) is 0.982. The number of carboxylic acid groups (broad SMARTS) is 2. The number of ether oxygens (including phenoxy) is 2. The van der Waals surface area contributed by atoms with Crippen LogP contribution >= 0.6 is 56.8 Å². The van der Waals surface area contributed by atoms with E-state index in [0.29, 0.717) is 44.9 Å². The number of carbonyl (C=O) groups is 7. The number of nitrogens with one attached hydrogen (secondary N) is 5. The zero-order valence-corrected chi connectivity index (χ0v) is 50.1. The van der Waals surface area contributed by atoms with E-state index in [1.807, 2.05) is 13.8 Å². The molecule has 12 N–H and O–H groups in total. The Morgan fingerprint density at radius 3 is 2.20 bits per heavy atom. The molecule has 30 nitrogen and oxygen atoms in total. The lowest BCUT2D eigenvalue weighted by Gasteiger charge is -2.26. The highest BCUT2D eigenvalue weighted by Crippen LogP contribution is 2.66. The number of hydrogen-bond donors (Lipinski definition) is 12. The molecule has 1 aromatic heterocycles. The molecule has 0 aromatic carbocycles. The first-order valence-corrected chi connectivity index (χ1v) is 33.9. The normalized spacial score (nSPS) is 22.2. The van der Waals surface area contributed by atoms with E-state index in [4.69, 9.17) is 19.3 Å². The third-order valence-electron chi connectivity index (χ3n) is 12.9. The number of phosphoric ester groups is 1. The predicted octanol–water partition coefficient (Wildman–Crippen LogP) is 2.94. The number of rotatable bonds is 38. The summed E-state index contributed by atoms with van der Waals surface area (Å²) in [6.45, 7) is 4.35. The Morgan fingerprint density at radius 2 is 1.55 bits per heavy atom. The van der Waals surface area contributed by atoms with Crippen LogP contribution in [0.4, 0.5) is 4.79 Å². The van der Waals surface area contributed by atoms with Gasteiger partial charge in [0.05, 0.1) is 49.2 Å². The van der Waals surface area contributed by atoms with Crippen LogP contribution in [0.15, 0.2) is 15.8 Å². The second kappa shape index (κ2) is 33.1. The van der Waals surface area contributed by atoms with E-state index in [2.05, 4.69) is 51.2 Å². The second-order valence-electron chi connectivity index (χ2n) is 20.0. The number of urea groups is 1. The van der Waals surface area contributed by atoms with Crippen molar-refractivity contribution in [2.45, 2.75) is 176 Å². The number of H-pyrrole nitrogens is 1. The fourth-order valence-electron chi connectivity index (χ4n) is 8.71. The summed E-state index contributed by atoms with van der Waals surface area (Å²) in [5, 5.41) is 40.6. The number of aliphatic hydroxyl groups excluding tert-OH is 1. The van der Waals surface area contributed by atoms with Crippen molar-refractivity contribution in [3.63, 3.8) is 0 Å². The molecule has 0 saturated carbocycles. The van der Waals surface area contributed by atoms with Gasteiger partial charge in [0, 0.05) is 54.1 Å². The number of aliphatic hydroxyl groups is 1. The summed E-state index contributed by atoms with van der Waals surface area (Å²) in [6.07, 6.45) is 0.721. The van der Waals surface area contributed by atoms with E-state index in [9.17, 15) is 82.0 Å². The van der Waals surface area contributed by atoms with E-state index < -0.39 is 119 Å². The molecule has 0 bridgehead atoms. The quantitative estimate of drug-likeness (QED) is 0.0113. The first kappa shape index (κ1) is 70.6. The molecule has 4 amide bonds. The lowest BCUT2D eigenvalue weighted by Crippen LogP contribution is -2.43. The van der Waals surface area contributed by atoms with Crippen LogP contribution in [0.5, 0.6) is 0 Å². The lowest BCUT2D eigenvalue weighted by atomic mass is 9.95. The monoisotopic (exact) mass is 1280 g/mol. The topological polar surface area (TPSA) is 461 Å². The van der Waals surface area contributed by atoms with Crippen LogP contribution < -0.4 is 32.5 Å². The number of phosphoric acid groups is 3. The SMILES string of the molecule is CCC(CC(=O)C(CC(=O)O)NC(=O)CCCCCCC(=O)C(CCC(C)(C)SSCOCC#Cc1cn(C2CC(O)C(COP(=O)(O)OP(=O)(O)OP(=O)(O)O)O2)c(=O)[nH]c1=O)NC(=O)CCCC[C@@H]1SC[C@@H]2NC(=O)N[C@@H]21)C(=O)O. The molecule has 4 rings (SSSR count). The van der Waals surface area contributed by atoms with Crippen LogP contribution in [-0.4, -0.2) is 157 Å². The number of aliphatic carboxylic acids is 2. The molecule has 0 aliphatic carbocycles. The van der Waals surface area contributed by atoms with Gasteiger partial charge in [0.25, 0.3) is 5.56 Å². The third-order valence-corrected chi connectivity index (χ3v) is 21.3. The molecule has 3 aliphatic rings. The number of carboxylic acids is 2. The number of unbranched alkanes of at least 4 members (excludes halogenated alkanes) is 4. The number of amides is 4. The fraction of sp³-hybridized carbons (Fsp3) is 0.717. The smallest absolute Gasteiger partial charge is 0.481 e. The molecule has 82 heavy (non-hydrogen) atoms. The van der Waals surface area contributed by atoms with Crippen LogP contribution in [0, 0.1) is 17.8 Å². The van der Waals surface area contributed by atoms with Gasteiger partial charge in [0.15, 0.2) is 11.6 Å². The maximum atomic E-state index is 13.7. The van der Waals surface area contributed by atoms with Crippen LogP contribution in [0.1, 0.15) is 135 Å². The molecule has 0 spiro atoms. The van der Waals surface area contributed by atoms with Crippen molar-refractivity contribution in [1.82, 2.24) is 30.8 Å². The van der Waals surface area contributed by atoms with Crippen molar-refractivity contribution < 1.29 is 105 Å². The van der Waals surface area contributed by atoms with E-state index >= 15 is 0 Å². The summed E-state index contributed by atoms with van der Waals surface area (Å²) in [7, 11) is -14.2. The summed E-state index contributed by atoms with van der Waals surface area (Å²) in [6, 6.07) is -2.21. The number of Topliss-reactive ketones (excluding diaryl/α,β-unsaturated/α-hetero) is 2. The van der Waals surface area contributed by atoms with E-state index in [1.54, 1.807) is 18.7 Å². The average molecular weight is 1280 g/mol. The molecule has 3 aliphatic heterocycles. The van der Waals surface area contributed by atoms with Gasteiger partial charge in [-0.05, 0) is 58.8 Å². The molecule has 462 valence electrons. The Balaban J connectivity index is 1.24. The standard InChI is InChI=1S/C46H71N6O24P3S3/c1-4-27(43(61)62)20-33(54)30(21-40(58)59)48-38(57)15-8-6-5-7-13-32(53)29(47-37(56)16-10-9-14-36-41-31(25-80-36)49-44(63)50-41)17-18-46(2,3)82-81-26-72-19-11-12-28-23-52(45(64)51-42(28)60)39-22-34(55)35(74-39)24-73-78(68,69)76-79(70,71)75-77(65,66)67/h23,27,29-31,34-36,39,41,55H,4-10,13-22,24-26H2,1-3H3,(H,47,56)(H,48,57)(H,58,59)(H,61,62)(H,68,69)(H,70,71)(H2,49,50,63)(H,51,60,64)(H2,65,66,67)/t27?,29?,30?,31-,34?,35?,36-,39?,41-/m0/s1. The average Bonchev–Trinajstić information content (AvgIpc) is 4.27. The summed E-state index contributed by atoms with van der Waals surface area (Å²) >= 11 is 1.78. The van der Waals surface area contributed by atoms with Crippen LogP contribution in [0.3, 0.4) is 0 Å². The van der Waals surface area contributed by atoms with Gasteiger partial charge in [-0.1, -0.05) is 59.6 Å². The van der Waals surface area contributed by atoms with Crippen LogP contribution in [0.2, 0.25) is 0 Å². The zero-order valence-electron chi connectivity index (χ0n) is 45.0. The Hall–Kier alpha value is -3.93. The van der Waals surface area contributed by atoms with Gasteiger partial charge in [0.1, 0.15) is 30.4 Å². The van der Waals surface area contributed by atoms with Crippen molar-refractivity contribution in [3.8, 4) is 11.8 Å². The molecule has 11 atom stereocenters. The van der Waals surface area contributed by atoms with Crippen LogP contribution in [-0.2, 0) is 65.1 Å². The number of nitrogens with zero attached hydrogens (tertiary/aromatic N) is 1. The van der Waals surface area contributed by atoms with Gasteiger partial charge in [-0.3, -0.25) is 47.6 Å². The number of aromatic amines is 1. The molecule has 4 heterocycles. The number of aromatic nitrogens is 2. The van der Waals surface area contributed by atoms with Crippen molar-refractivity contribution in [3.05, 3.63) is 32.6 Å². The van der Waals surface area contributed by atoms with Gasteiger partial charge in [-0.25, -0.2) is 23.3 Å². The van der Waals surface area contributed by atoms with Gasteiger partial charge < -0.3 is 65.6 Å². The summed E-state index contributed by atoms with van der Waals surface area (Å²) < 4.78 is 58.0. The minimum atomic E-state index is -5.81. The molecule has 3 saturated heterocycles.